The summed E-state index contributed by atoms with van der Waals surface area (Å²) in [6, 6.07) is 2.52. The first kappa shape index (κ1) is 8.51. The van der Waals surface area contributed by atoms with E-state index in [4.69, 9.17) is 10.00 Å². The number of ether oxygens (including phenoxy) is 1. The molecule has 2 atom stereocenters. The number of nitriles is 1. The van der Waals surface area contributed by atoms with Gasteiger partial charge in [-0.2, -0.15) is 5.26 Å². The van der Waals surface area contributed by atoms with Gasteiger partial charge in [-0.25, -0.2) is 0 Å². The third-order valence-corrected chi connectivity index (χ3v) is 1.89. The first-order valence-corrected chi connectivity index (χ1v) is 4.07. The van der Waals surface area contributed by atoms with Gasteiger partial charge in [-0.3, -0.25) is 0 Å². The summed E-state index contributed by atoms with van der Waals surface area (Å²) < 4.78 is 5.25. The maximum Gasteiger partial charge on any atom is 0.141 e. The molecule has 0 radical (unpaired) electrons. The molecule has 0 aromatic rings. The van der Waals surface area contributed by atoms with E-state index < -0.39 is 0 Å². The van der Waals surface area contributed by atoms with E-state index in [0.29, 0.717) is 12.6 Å². The van der Waals surface area contributed by atoms with Crippen molar-refractivity contribution in [1.82, 2.24) is 5.32 Å². The SMILES string of the molecule is CC(C#N)OCC1CCCN1. The van der Waals surface area contributed by atoms with Crippen molar-refractivity contribution in [3.05, 3.63) is 0 Å². The Bertz CT molecular complexity index is 147. The molecule has 0 bridgehead atoms. The molecule has 1 aliphatic heterocycles. The minimum atomic E-state index is -0.266. The van der Waals surface area contributed by atoms with E-state index in [1.54, 1.807) is 6.92 Å². The Morgan fingerprint density at radius 1 is 1.82 bits per heavy atom. The molecule has 0 aliphatic carbocycles. The first-order valence-electron chi connectivity index (χ1n) is 4.07. The van der Waals surface area contributed by atoms with Crippen LogP contribution in [-0.2, 0) is 4.74 Å². The second-order valence-electron chi connectivity index (χ2n) is 2.90. The lowest BCUT2D eigenvalue weighted by Crippen LogP contribution is -2.28. The molecular weight excluding hydrogens is 140 g/mol. The minimum absolute atomic E-state index is 0.266. The molecule has 62 valence electrons. The number of hydrogen-bond donors (Lipinski definition) is 1. The van der Waals surface area contributed by atoms with Crippen LogP contribution in [0.3, 0.4) is 0 Å². The fourth-order valence-corrected chi connectivity index (χ4v) is 1.20. The van der Waals surface area contributed by atoms with Gasteiger partial charge in [0.05, 0.1) is 12.7 Å². The standard InChI is InChI=1S/C8H14N2O/c1-7(5-9)11-6-8-3-2-4-10-8/h7-8,10H,2-4,6H2,1H3. The van der Waals surface area contributed by atoms with E-state index in [2.05, 4.69) is 5.32 Å². The zero-order valence-electron chi connectivity index (χ0n) is 6.84. The molecule has 0 spiro atoms. The second-order valence-corrected chi connectivity index (χ2v) is 2.90. The van der Waals surface area contributed by atoms with E-state index >= 15 is 0 Å². The van der Waals surface area contributed by atoms with Crippen molar-refractivity contribution in [2.45, 2.75) is 31.9 Å². The summed E-state index contributed by atoms with van der Waals surface area (Å²) in [6.45, 7) is 3.54. The highest BCUT2D eigenvalue weighted by Gasteiger charge is 2.14. The highest BCUT2D eigenvalue weighted by Crippen LogP contribution is 2.05. The molecule has 3 heteroatoms. The van der Waals surface area contributed by atoms with Crippen LogP contribution in [0.25, 0.3) is 0 Å². The van der Waals surface area contributed by atoms with Crippen LogP contribution in [0.4, 0.5) is 0 Å². The van der Waals surface area contributed by atoms with Gasteiger partial charge in [-0.15, -0.1) is 0 Å². The number of nitrogens with zero attached hydrogens (tertiary/aromatic N) is 1. The quantitative estimate of drug-likeness (QED) is 0.649. The average molecular weight is 154 g/mol. The Kier molecular flexibility index (Phi) is 3.34. The molecule has 2 unspecified atom stereocenters. The van der Waals surface area contributed by atoms with Crippen LogP contribution >= 0.6 is 0 Å². The van der Waals surface area contributed by atoms with Crippen LogP contribution in [0.2, 0.25) is 0 Å². The third kappa shape index (κ3) is 2.87. The van der Waals surface area contributed by atoms with Crippen molar-refractivity contribution in [1.29, 1.82) is 5.26 Å². The molecule has 1 heterocycles. The van der Waals surface area contributed by atoms with Crippen LogP contribution in [0, 0.1) is 11.3 Å². The molecule has 0 aromatic heterocycles. The summed E-state index contributed by atoms with van der Waals surface area (Å²) in [6.07, 6.45) is 2.14. The first-order chi connectivity index (χ1) is 5.33. The van der Waals surface area contributed by atoms with E-state index in [9.17, 15) is 0 Å². The van der Waals surface area contributed by atoms with Crippen molar-refractivity contribution >= 4 is 0 Å². The van der Waals surface area contributed by atoms with Crippen LogP contribution in [0.5, 0.6) is 0 Å². The van der Waals surface area contributed by atoms with Crippen LogP contribution in [0.1, 0.15) is 19.8 Å². The zero-order chi connectivity index (χ0) is 8.10. The Labute approximate surface area is 67.3 Å². The van der Waals surface area contributed by atoms with Crippen molar-refractivity contribution < 1.29 is 4.74 Å². The highest BCUT2D eigenvalue weighted by atomic mass is 16.5. The summed E-state index contributed by atoms with van der Waals surface area (Å²) in [7, 11) is 0. The predicted octanol–water partition coefficient (Wildman–Crippen LogP) is 0.667. The summed E-state index contributed by atoms with van der Waals surface area (Å²) >= 11 is 0. The normalized spacial score (nSPS) is 26.4. The zero-order valence-corrected chi connectivity index (χ0v) is 6.84. The van der Waals surface area contributed by atoms with Crippen LogP contribution < -0.4 is 5.32 Å². The van der Waals surface area contributed by atoms with Crippen LogP contribution in [0.15, 0.2) is 0 Å². The summed E-state index contributed by atoms with van der Waals surface area (Å²) in [5.74, 6) is 0. The Hall–Kier alpha value is -0.590. The Balaban J connectivity index is 2.07. The van der Waals surface area contributed by atoms with Gasteiger partial charge in [-0.05, 0) is 26.3 Å². The van der Waals surface area contributed by atoms with Crippen LogP contribution in [-0.4, -0.2) is 25.3 Å². The lowest BCUT2D eigenvalue weighted by molar-refractivity contribution is 0.0864. The molecule has 0 aromatic carbocycles. The molecule has 1 fully saturated rings. The third-order valence-electron chi connectivity index (χ3n) is 1.89. The molecule has 3 nitrogen and oxygen atoms in total. The van der Waals surface area contributed by atoms with Crippen molar-refractivity contribution in [2.75, 3.05) is 13.2 Å². The molecular formula is C8H14N2O. The van der Waals surface area contributed by atoms with E-state index in [0.717, 1.165) is 6.54 Å². The van der Waals surface area contributed by atoms with Crippen molar-refractivity contribution in [2.24, 2.45) is 0 Å². The Morgan fingerprint density at radius 3 is 3.18 bits per heavy atom. The summed E-state index contributed by atoms with van der Waals surface area (Å²) in [5, 5.41) is 11.7. The minimum Gasteiger partial charge on any atom is -0.362 e. The van der Waals surface area contributed by atoms with E-state index in [1.807, 2.05) is 6.07 Å². The molecule has 1 N–H and O–H groups in total. The maximum atomic E-state index is 8.41. The lowest BCUT2D eigenvalue weighted by atomic mass is 10.2. The number of rotatable bonds is 3. The molecule has 1 saturated heterocycles. The fraction of sp³-hybridized carbons (Fsp3) is 0.875. The maximum absolute atomic E-state index is 8.41. The molecule has 1 rings (SSSR count). The van der Waals surface area contributed by atoms with Crippen molar-refractivity contribution in [3.63, 3.8) is 0 Å². The van der Waals surface area contributed by atoms with Gasteiger partial charge >= 0.3 is 0 Å². The topological polar surface area (TPSA) is 45.0 Å². The van der Waals surface area contributed by atoms with Gasteiger partial charge in [0.1, 0.15) is 6.10 Å². The highest BCUT2D eigenvalue weighted by molar-refractivity contribution is 4.81. The summed E-state index contributed by atoms with van der Waals surface area (Å²) in [5.41, 5.74) is 0. The van der Waals surface area contributed by atoms with Gasteiger partial charge in [0.25, 0.3) is 0 Å². The van der Waals surface area contributed by atoms with E-state index in [1.165, 1.54) is 12.8 Å². The monoisotopic (exact) mass is 154 g/mol. The molecule has 0 saturated carbocycles. The average Bonchev–Trinajstić information content (AvgIpc) is 2.52. The lowest BCUT2D eigenvalue weighted by Gasteiger charge is -2.11. The largest absolute Gasteiger partial charge is 0.362 e. The summed E-state index contributed by atoms with van der Waals surface area (Å²) in [4.78, 5) is 0. The molecule has 0 amide bonds. The smallest absolute Gasteiger partial charge is 0.141 e. The van der Waals surface area contributed by atoms with Gasteiger partial charge in [-0.1, -0.05) is 0 Å². The van der Waals surface area contributed by atoms with Crippen molar-refractivity contribution in [3.8, 4) is 6.07 Å². The Morgan fingerprint density at radius 2 is 2.64 bits per heavy atom. The fourth-order valence-electron chi connectivity index (χ4n) is 1.20. The van der Waals surface area contributed by atoms with Gasteiger partial charge in [0, 0.05) is 6.04 Å². The number of nitrogens with one attached hydrogen (secondary N) is 1. The predicted molar refractivity (Wildman–Crippen MR) is 42.1 cm³/mol. The number of hydrogen-bond acceptors (Lipinski definition) is 3. The van der Waals surface area contributed by atoms with Gasteiger partial charge in [0.2, 0.25) is 0 Å². The molecule has 1 aliphatic rings. The van der Waals surface area contributed by atoms with E-state index in [-0.39, 0.29) is 6.10 Å². The second kappa shape index (κ2) is 4.32. The van der Waals surface area contributed by atoms with Gasteiger partial charge < -0.3 is 10.1 Å². The van der Waals surface area contributed by atoms with Gasteiger partial charge in [0.15, 0.2) is 0 Å². The molecule has 11 heavy (non-hydrogen) atoms.